The molecule has 8 rings (SSSR count). The molecule has 48 heavy (non-hydrogen) atoms. The summed E-state index contributed by atoms with van der Waals surface area (Å²) in [5, 5.41) is 22.5. The summed E-state index contributed by atoms with van der Waals surface area (Å²) in [6.45, 7) is 1.74. The van der Waals surface area contributed by atoms with Crippen molar-refractivity contribution in [1.29, 1.82) is 0 Å². The maximum atomic E-state index is 12.7. The number of aliphatic hydroxyl groups excluding tert-OH is 2. The van der Waals surface area contributed by atoms with E-state index in [2.05, 4.69) is 59.0 Å². The van der Waals surface area contributed by atoms with Gasteiger partial charge in [0.1, 0.15) is 11.3 Å². The van der Waals surface area contributed by atoms with Crippen LogP contribution < -0.4 is 0 Å². The molecule has 1 aromatic carbocycles. The van der Waals surface area contributed by atoms with Gasteiger partial charge in [0.05, 0.1) is 19.8 Å². The molecule has 9 unspecified atom stereocenters. The molecule has 1 spiro atoms. The lowest BCUT2D eigenvalue weighted by molar-refractivity contribution is -0.133. The number of cyclic esters (lactones) is 1. The van der Waals surface area contributed by atoms with E-state index in [9.17, 15) is 15.0 Å². The number of carbonyl (C=O) groups is 1. The molecule has 0 amide bonds. The van der Waals surface area contributed by atoms with Gasteiger partial charge in [-0.1, -0.05) is 71.7 Å². The average molecular weight is 694 g/mol. The number of carbonyl (C=O) groups excluding carboxylic acids is 1. The summed E-state index contributed by atoms with van der Waals surface area (Å²) in [6, 6.07) is 11.4. The van der Waals surface area contributed by atoms with Gasteiger partial charge in [0.25, 0.3) is 0 Å². The number of esters is 1. The number of rotatable bonds is 4. The van der Waals surface area contributed by atoms with Gasteiger partial charge in [0, 0.05) is 41.5 Å². The van der Waals surface area contributed by atoms with Gasteiger partial charge < -0.3 is 24.4 Å². The zero-order valence-electron chi connectivity index (χ0n) is 28.4. The molecule has 0 aromatic heterocycles. The number of ether oxygens (including phenoxy) is 3. The summed E-state index contributed by atoms with van der Waals surface area (Å²) in [6.07, 6.45) is 14.8. The standard InChI is InChI=1S/C39H51NO6S2/c1-23-34-31-18-25(16-24-8-4-3-5-9-24)17-30-32(42)19-29-26(12-15-39(29)13-6-7-14-39)21-47-48-22-27(40(30)31)10-11-33(34)45-35(23)37-36(44-2)28(20-41)38(43)46-37/h3-5,8-9,11,23,25-27,29-32,34,41-42H,6-7,10,12-22H2,1-2H3. The monoisotopic (exact) mass is 693 g/mol. The van der Waals surface area contributed by atoms with Crippen molar-refractivity contribution in [3.63, 3.8) is 0 Å². The number of fused-ring (bicyclic) bond motifs is 4. The fourth-order valence-electron chi connectivity index (χ4n) is 11.1. The Labute approximate surface area is 293 Å². The Morgan fingerprint density at radius 1 is 1.02 bits per heavy atom. The van der Waals surface area contributed by atoms with Crippen molar-refractivity contribution in [3.8, 4) is 0 Å². The van der Waals surface area contributed by atoms with Crippen molar-refractivity contribution in [2.24, 2.45) is 35.0 Å². The highest BCUT2D eigenvalue weighted by atomic mass is 33.1. The lowest BCUT2D eigenvalue weighted by Gasteiger charge is -2.52. The molecule has 2 aliphatic carbocycles. The van der Waals surface area contributed by atoms with Gasteiger partial charge in [-0.05, 0) is 92.6 Å². The molecule has 7 aliphatic rings. The first kappa shape index (κ1) is 33.2. The van der Waals surface area contributed by atoms with Crippen LogP contribution in [0.5, 0.6) is 0 Å². The SMILES string of the molecule is COC1=C(CO)C(=O)OC1=C1OC2=CCC3CSSCC4CCC5(CCCC5)C4CC(O)C4CC(Cc5ccccc5)CC(C2C1C)N34. The van der Waals surface area contributed by atoms with E-state index in [-0.39, 0.29) is 41.4 Å². The number of piperidine rings is 1. The van der Waals surface area contributed by atoms with Crippen LogP contribution in [-0.2, 0) is 25.4 Å². The van der Waals surface area contributed by atoms with Crippen LogP contribution >= 0.6 is 21.6 Å². The first-order chi connectivity index (χ1) is 23.4. The molecule has 0 bridgehead atoms. The number of methoxy groups -OCH3 is 1. The third-order valence-electron chi connectivity index (χ3n) is 13.3. The lowest BCUT2D eigenvalue weighted by atomic mass is 9.69. The van der Waals surface area contributed by atoms with Crippen LogP contribution in [0.25, 0.3) is 0 Å². The van der Waals surface area contributed by atoms with Gasteiger partial charge in [0.2, 0.25) is 5.76 Å². The molecule has 9 heteroatoms. The van der Waals surface area contributed by atoms with Gasteiger partial charge in [-0.25, -0.2) is 4.79 Å². The molecule has 9 atom stereocenters. The van der Waals surface area contributed by atoms with Crippen LogP contribution in [0.15, 0.2) is 65.0 Å². The number of aliphatic hydroxyl groups is 2. The minimum absolute atomic E-state index is 0.0592. The number of allylic oxidation sites excluding steroid dienone is 1. The number of hydrogen-bond donors (Lipinski definition) is 2. The molecule has 260 valence electrons. The van der Waals surface area contributed by atoms with Crippen molar-refractivity contribution in [2.45, 2.75) is 102 Å². The summed E-state index contributed by atoms with van der Waals surface area (Å²) >= 11 is 0. The molecule has 0 radical (unpaired) electrons. The highest BCUT2D eigenvalue weighted by Crippen LogP contribution is 2.60. The second-order valence-electron chi connectivity index (χ2n) is 15.6. The van der Waals surface area contributed by atoms with Crippen molar-refractivity contribution >= 4 is 27.6 Å². The minimum Gasteiger partial charge on any atom is -0.492 e. The van der Waals surface area contributed by atoms with Crippen LogP contribution in [0.1, 0.15) is 76.7 Å². The van der Waals surface area contributed by atoms with Crippen molar-refractivity contribution in [1.82, 2.24) is 4.90 Å². The number of nitrogens with zero attached hydrogens (tertiary/aromatic N) is 1. The Morgan fingerprint density at radius 3 is 2.56 bits per heavy atom. The van der Waals surface area contributed by atoms with E-state index >= 15 is 0 Å². The maximum Gasteiger partial charge on any atom is 0.345 e. The normalized spacial score (nSPS) is 39.5. The van der Waals surface area contributed by atoms with E-state index in [0.717, 1.165) is 43.6 Å². The van der Waals surface area contributed by atoms with Crippen LogP contribution in [0, 0.1) is 35.0 Å². The average Bonchev–Trinajstić information content (AvgIpc) is 3.84. The van der Waals surface area contributed by atoms with Gasteiger partial charge >= 0.3 is 5.97 Å². The summed E-state index contributed by atoms with van der Waals surface area (Å²) in [5.74, 6) is 5.52. The Bertz CT molecular complexity index is 1470. The summed E-state index contributed by atoms with van der Waals surface area (Å²) < 4.78 is 18.0. The summed E-state index contributed by atoms with van der Waals surface area (Å²) in [5.41, 5.74) is 1.93. The molecule has 1 aromatic rings. The smallest absolute Gasteiger partial charge is 0.345 e. The van der Waals surface area contributed by atoms with Gasteiger partial charge in [-0.3, -0.25) is 4.90 Å². The third kappa shape index (κ3) is 5.77. The molecule has 7 nitrogen and oxygen atoms in total. The van der Waals surface area contributed by atoms with Crippen LogP contribution in [-0.4, -0.2) is 70.5 Å². The van der Waals surface area contributed by atoms with Crippen LogP contribution in [0.3, 0.4) is 0 Å². The molecule has 3 saturated heterocycles. The number of benzene rings is 1. The summed E-state index contributed by atoms with van der Waals surface area (Å²) in [4.78, 5) is 15.5. The van der Waals surface area contributed by atoms with E-state index in [4.69, 9.17) is 14.2 Å². The Balaban J connectivity index is 1.18. The largest absolute Gasteiger partial charge is 0.492 e. The highest BCUT2D eigenvalue weighted by Gasteiger charge is 2.55. The van der Waals surface area contributed by atoms with Crippen molar-refractivity contribution in [3.05, 3.63) is 70.6 Å². The summed E-state index contributed by atoms with van der Waals surface area (Å²) in [7, 11) is 5.63. The first-order valence-corrected chi connectivity index (χ1v) is 20.9. The molecular weight excluding hydrogens is 643 g/mol. The Hall–Kier alpha value is -1.91. The molecule has 2 N–H and O–H groups in total. The predicted octanol–water partition coefficient (Wildman–Crippen LogP) is 7.01. The predicted molar refractivity (Wildman–Crippen MR) is 189 cm³/mol. The minimum atomic E-state index is -0.579. The zero-order chi connectivity index (χ0) is 33.0. The fourth-order valence-corrected chi connectivity index (χ4v) is 13.9. The van der Waals surface area contributed by atoms with Gasteiger partial charge in [-0.15, -0.1) is 0 Å². The number of hydrogen-bond acceptors (Lipinski definition) is 9. The third-order valence-corrected chi connectivity index (χ3v) is 15.8. The lowest BCUT2D eigenvalue weighted by Crippen LogP contribution is -2.61. The highest BCUT2D eigenvalue weighted by molar-refractivity contribution is 8.76. The van der Waals surface area contributed by atoms with Crippen molar-refractivity contribution < 1.29 is 29.2 Å². The fraction of sp³-hybridized carbons (Fsp3) is 0.667. The molecule has 5 aliphatic heterocycles. The Kier molecular flexibility index (Phi) is 9.46. The molecular formula is C39H51NO6S2. The quantitative estimate of drug-likeness (QED) is 0.256. The van der Waals surface area contributed by atoms with Crippen LogP contribution in [0.4, 0.5) is 0 Å². The van der Waals surface area contributed by atoms with E-state index in [1.54, 1.807) is 0 Å². The second kappa shape index (κ2) is 13.7. The van der Waals surface area contributed by atoms with E-state index < -0.39 is 12.6 Å². The first-order valence-electron chi connectivity index (χ1n) is 18.4. The van der Waals surface area contributed by atoms with Crippen LogP contribution in [0.2, 0.25) is 0 Å². The van der Waals surface area contributed by atoms with E-state index in [1.165, 1.54) is 57.0 Å². The maximum absolute atomic E-state index is 12.7. The van der Waals surface area contributed by atoms with E-state index in [0.29, 0.717) is 40.7 Å². The molecule has 5 heterocycles. The van der Waals surface area contributed by atoms with Gasteiger partial charge in [-0.2, -0.15) is 0 Å². The van der Waals surface area contributed by atoms with Crippen molar-refractivity contribution in [2.75, 3.05) is 25.2 Å². The molecule has 5 fully saturated rings. The second-order valence-corrected chi connectivity index (χ2v) is 18.2. The van der Waals surface area contributed by atoms with E-state index in [1.807, 2.05) is 10.8 Å². The Morgan fingerprint density at radius 2 is 1.79 bits per heavy atom. The van der Waals surface area contributed by atoms with Gasteiger partial charge in [0.15, 0.2) is 11.5 Å². The molecule has 2 saturated carbocycles. The zero-order valence-corrected chi connectivity index (χ0v) is 30.0. The topological polar surface area (TPSA) is 88.5 Å².